The average Bonchev–Trinajstić information content (AvgIpc) is 1.57. The molecular weight excluding hydrogens is 1120 g/mol. The van der Waals surface area contributed by atoms with Gasteiger partial charge in [0.2, 0.25) is 0 Å². The number of nitrogens with two attached hydrogens (primary N) is 3. The smallest absolute Gasteiger partial charge is 0.411 e. The molecule has 86 heavy (non-hydrogen) atoms. The number of ether oxygens (including phenoxy) is 6. The molecule has 5 aromatic rings. The van der Waals surface area contributed by atoms with Crippen molar-refractivity contribution in [2.75, 3.05) is 23.8 Å². The molecule has 0 bridgehead atoms. The van der Waals surface area contributed by atoms with Crippen molar-refractivity contribution < 1.29 is 53.3 Å². The Hall–Kier alpha value is -6.15. The molecule has 2 amide bonds. The van der Waals surface area contributed by atoms with Crippen LogP contribution in [0.3, 0.4) is 0 Å². The highest BCUT2D eigenvalue weighted by atomic mass is 28.3. The van der Waals surface area contributed by atoms with Crippen LogP contribution in [-0.4, -0.2) is 163 Å². The highest BCUT2D eigenvalue weighted by Gasteiger charge is 2.69. The Bertz CT molecular complexity index is 3280. The SMILES string of the molecule is CC(C)(C)[Si](C)(C)C.CC[C@@H]1[C@H]2OC(C)(C)O[C@@]2(C)[C@H](c2c[nH]c(C#N)c2N)N1C(=O)OC(C)(C)C.CC[C@@H]1[C@H]2OC(C)(C)O[C@@]2(C)[C@H](c2c[nH]c3c(N)ncnc23)N1C(=O)OC(C)(C)C.C[C@@]1(O)[C@H](O)[C@@H](CO)N[C@H]1c1c[nH]c2c(N)ncnc12. The lowest BCUT2D eigenvalue weighted by Gasteiger charge is -2.37. The van der Waals surface area contributed by atoms with Gasteiger partial charge in [-0.3, -0.25) is 15.1 Å². The van der Waals surface area contributed by atoms with E-state index in [2.05, 4.69) is 80.6 Å². The molecule has 476 valence electrons. The van der Waals surface area contributed by atoms with E-state index in [1.807, 2.05) is 109 Å². The minimum absolute atomic E-state index is 0.222. The molecule has 5 aliphatic rings. The minimum Gasteiger partial charge on any atom is -0.444 e. The number of carbonyl (C=O) groups excluding carboxylic acids is 2. The third-order valence-electron chi connectivity index (χ3n) is 17.4. The molecule has 10 rings (SSSR count). The first-order valence-corrected chi connectivity index (χ1v) is 33.0. The summed E-state index contributed by atoms with van der Waals surface area (Å²) >= 11 is 0. The van der Waals surface area contributed by atoms with Crippen LogP contribution in [0, 0.1) is 11.3 Å². The van der Waals surface area contributed by atoms with E-state index >= 15 is 0 Å². The molecule has 0 saturated carbocycles. The minimum atomic E-state index is -1.43. The van der Waals surface area contributed by atoms with Crippen LogP contribution in [0.1, 0.15) is 178 Å². The molecule has 13 N–H and O–H groups in total. The first kappa shape index (κ1) is 67.4. The van der Waals surface area contributed by atoms with Crippen molar-refractivity contribution in [3.8, 4) is 6.07 Å². The molecule has 10 heterocycles. The fraction of sp³-hybridized carbons (Fsp3) is 0.683. The van der Waals surface area contributed by atoms with Crippen LogP contribution >= 0.6 is 0 Å². The summed E-state index contributed by atoms with van der Waals surface area (Å²) in [5, 5.41) is 42.8. The molecule has 0 aromatic carbocycles. The summed E-state index contributed by atoms with van der Waals surface area (Å²) in [5.41, 5.74) is 18.8. The zero-order valence-corrected chi connectivity index (χ0v) is 55.2. The molecule has 26 heteroatoms. The van der Waals surface area contributed by atoms with Gasteiger partial charge in [-0.1, -0.05) is 54.3 Å². The van der Waals surface area contributed by atoms with Gasteiger partial charge < -0.3 is 75.9 Å². The second kappa shape index (κ2) is 23.4. The number of rotatable bonds is 6. The summed E-state index contributed by atoms with van der Waals surface area (Å²) in [6.07, 6.45) is 6.67. The summed E-state index contributed by atoms with van der Waals surface area (Å²) in [6, 6.07) is -0.639. The maximum atomic E-state index is 13.4. The second-order valence-electron chi connectivity index (χ2n) is 28.6. The number of carbonyl (C=O) groups is 2. The van der Waals surface area contributed by atoms with Crippen molar-refractivity contribution in [3.05, 3.63) is 53.6 Å². The lowest BCUT2D eigenvalue weighted by atomic mass is 9.88. The zero-order chi connectivity index (χ0) is 64.6. The normalized spacial score (nSPS) is 30.2. The van der Waals surface area contributed by atoms with Gasteiger partial charge in [-0.25, -0.2) is 29.5 Å². The van der Waals surface area contributed by atoms with Gasteiger partial charge in [-0.2, -0.15) is 5.26 Å². The van der Waals surface area contributed by atoms with Crippen LogP contribution in [0.15, 0.2) is 31.2 Å². The number of aliphatic hydroxyl groups excluding tert-OH is 2. The van der Waals surface area contributed by atoms with Crippen LogP contribution in [0.4, 0.5) is 26.9 Å². The molecule has 5 fully saturated rings. The number of amides is 2. The molecule has 0 unspecified atom stereocenters. The Morgan fingerprint density at radius 2 is 1.09 bits per heavy atom. The van der Waals surface area contributed by atoms with E-state index in [0.29, 0.717) is 68.4 Å². The largest absolute Gasteiger partial charge is 0.444 e. The van der Waals surface area contributed by atoms with Crippen LogP contribution in [0.25, 0.3) is 22.1 Å². The zero-order valence-electron chi connectivity index (χ0n) is 54.2. The van der Waals surface area contributed by atoms with Gasteiger partial charge in [0.15, 0.2) is 23.2 Å². The topological polar surface area (TPSA) is 369 Å². The molecule has 5 saturated heterocycles. The fourth-order valence-electron chi connectivity index (χ4n) is 12.3. The summed E-state index contributed by atoms with van der Waals surface area (Å²) in [7, 11) is -0.859. The average molecular weight is 1220 g/mol. The number of nitriles is 1. The lowest BCUT2D eigenvalue weighted by Crippen LogP contribution is -2.45. The maximum absolute atomic E-state index is 13.4. The summed E-state index contributed by atoms with van der Waals surface area (Å²) in [6.45, 7) is 42.0. The van der Waals surface area contributed by atoms with Crippen molar-refractivity contribution in [2.24, 2.45) is 0 Å². The number of aromatic nitrogens is 7. The van der Waals surface area contributed by atoms with Crippen LogP contribution in [0.2, 0.25) is 24.7 Å². The number of nitrogens with zero attached hydrogens (tertiary/aromatic N) is 7. The van der Waals surface area contributed by atoms with Gasteiger partial charge >= 0.3 is 12.2 Å². The molecule has 12 atom stereocenters. The van der Waals surface area contributed by atoms with Crippen LogP contribution in [0.5, 0.6) is 0 Å². The maximum Gasteiger partial charge on any atom is 0.411 e. The van der Waals surface area contributed by atoms with E-state index in [-0.39, 0.29) is 36.6 Å². The molecule has 25 nitrogen and oxygen atoms in total. The van der Waals surface area contributed by atoms with E-state index in [0.717, 1.165) is 5.56 Å². The Kier molecular flexibility index (Phi) is 18.3. The summed E-state index contributed by atoms with van der Waals surface area (Å²) in [4.78, 5) is 55.7. The van der Waals surface area contributed by atoms with E-state index in [9.17, 15) is 30.2 Å². The van der Waals surface area contributed by atoms with E-state index < -0.39 is 90.1 Å². The van der Waals surface area contributed by atoms with E-state index in [4.69, 9.17) is 45.6 Å². The van der Waals surface area contributed by atoms with Crippen molar-refractivity contribution in [1.29, 1.82) is 5.26 Å². The van der Waals surface area contributed by atoms with Gasteiger partial charge in [0.1, 0.15) is 81.8 Å². The Morgan fingerprint density at radius 1 is 0.698 bits per heavy atom. The van der Waals surface area contributed by atoms with Gasteiger partial charge in [0.25, 0.3) is 0 Å². The van der Waals surface area contributed by atoms with Crippen LogP contribution in [-0.2, 0) is 28.4 Å². The summed E-state index contributed by atoms with van der Waals surface area (Å²) in [5.74, 6) is -0.900. The molecule has 0 spiro atoms. The van der Waals surface area contributed by atoms with E-state index in [1.54, 1.807) is 22.2 Å². The summed E-state index contributed by atoms with van der Waals surface area (Å²) < 4.78 is 36.8. The molecule has 0 radical (unpaired) electrons. The quantitative estimate of drug-likeness (QED) is 0.0710. The number of anilines is 3. The third-order valence-corrected chi connectivity index (χ3v) is 21.9. The Balaban J connectivity index is 0.000000176. The number of aliphatic hydroxyl groups is 3. The number of H-pyrrole nitrogens is 3. The van der Waals surface area contributed by atoms with Crippen molar-refractivity contribution in [1.82, 2.24) is 50.0 Å². The predicted molar refractivity (Wildman–Crippen MR) is 330 cm³/mol. The highest BCUT2D eigenvalue weighted by molar-refractivity contribution is 6.78. The van der Waals surface area contributed by atoms with Crippen molar-refractivity contribution in [2.45, 2.75) is 256 Å². The number of hydrogen-bond donors (Lipinski definition) is 10. The number of hydrogen-bond acceptors (Lipinski definition) is 20. The molecule has 5 aliphatic heterocycles. The monoisotopic (exact) mass is 1220 g/mol. The first-order chi connectivity index (χ1) is 39.4. The predicted octanol–water partition coefficient (Wildman–Crippen LogP) is 8.75. The molecule has 0 aliphatic carbocycles. The number of fused-ring (bicyclic) bond motifs is 4. The Labute approximate surface area is 506 Å². The Morgan fingerprint density at radius 3 is 1.45 bits per heavy atom. The number of nitrogen functional groups attached to an aromatic ring is 3. The van der Waals surface area contributed by atoms with Gasteiger partial charge in [0.05, 0.1) is 59.6 Å². The van der Waals surface area contributed by atoms with Gasteiger partial charge in [0, 0.05) is 43.4 Å². The van der Waals surface area contributed by atoms with Gasteiger partial charge in [-0.15, -0.1) is 0 Å². The fourth-order valence-corrected chi connectivity index (χ4v) is 12.3. The molecular formula is C60H96N14O11Si. The number of nitrogens with one attached hydrogen (secondary N) is 4. The number of likely N-dealkylation sites (tertiary alicyclic amines) is 2. The second-order valence-corrected chi connectivity index (χ2v) is 34.6. The van der Waals surface area contributed by atoms with E-state index in [1.165, 1.54) is 19.6 Å². The van der Waals surface area contributed by atoms with Crippen molar-refractivity contribution in [3.63, 3.8) is 0 Å². The lowest BCUT2D eigenvalue weighted by molar-refractivity contribution is -0.183. The van der Waals surface area contributed by atoms with Crippen LogP contribution < -0.4 is 22.5 Å². The number of aromatic amines is 3. The standard InChI is InChI=1S/C21H31N5O4.C20H30N4O4.C12H17N5O3.C7H18Si/c1-8-12-16-21(7,30-20(5,6)28-16)15(26(12)18(27)29-19(2,3)4)11-9-23-14-13(11)24-10-25-17(14)22;1-8-13-16-20(7,28-19(5,6)26-16)15(11-10-23-12(9-21)14(11)22)24(13)17(25)27-18(2,3)4;1-12(20)9(17-6(3-18)10(12)19)5-2-14-8-7(5)15-4-16-11(8)13;1-7(2,3)8(4,5)6/h9-10,12,15-16,23H,8H2,1-7H3,(H2,22,24,25);10,13,15-16,23H,8,22H2,1-7H3;2,4,6,9-10,14,17-20H,3H2,1H3,(H2,13,15,16);1-6H3/t12-,15+,16-,21+;13-,15+,16-,20+;6-,9+,10-,12+;/m111./s1. The van der Waals surface area contributed by atoms with Gasteiger partial charge in [-0.05, 0) is 108 Å². The van der Waals surface area contributed by atoms with Crippen molar-refractivity contribution >= 4 is 59.7 Å². The highest BCUT2D eigenvalue weighted by Crippen LogP contribution is 2.58. The molecule has 5 aromatic heterocycles. The first-order valence-electron chi connectivity index (χ1n) is 29.5. The third kappa shape index (κ3) is 12.8.